The minimum Gasteiger partial charge on any atom is -0.361 e. The van der Waals surface area contributed by atoms with Crippen LogP contribution in [0, 0.1) is 11.3 Å². The summed E-state index contributed by atoms with van der Waals surface area (Å²) in [4.78, 5) is 16.2. The molecular formula is C23H21N3OS. The first-order valence-electron chi connectivity index (χ1n) is 9.32. The number of rotatable bonds is 6. The van der Waals surface area contributed by atoms with Crippen LogP contribution in [0.1, 0.15) is 22.6 Å². The highest BCUT2D eigenvalue weighted by Gasteiger charge is 2.28. The van der Waals surface area contributed by atoms with Crippen LogP contribution in [-0.2, 0) is 10.5 Å². The van der Waals surface area contributed by atoms with Gasteiger partial charge in [0, 0.05) is 35.3 Å². The van der Waals surface area contributed by atoms with Gasteiger partial charge in [-0.25, -0.2) is 0 Å². The average molecular weight is 388 g/mol. The molecule has 4 rings (SSSR count). The van der Waals surface area contributed by atoms with Gasteiger partial charge in [0.15, 0.2) is 5.78 Å². The van der Waals surface area contributed by atoms with Gasteiger partial charge in [-0.3, -0.25) is 4.79 Å². The second kappa shape index (κ2) is 8.47. The standard InChI is InChI=1S/C23H21N3OS/c24-12-16-7-9-17(10-8-16)20-5-3-11-25-23(20)22(27)15-28-14-18-13-26-21-6-2-1-4-19(18)21/h1-10,13,20,23,25-26H,11,14-15H2. The van der Waals surface area contributed by atoms with E-state index in [2.05, 4.69) is 40.7 Å². The van der Waals surface area contributed by atoms with E-state index in [1.54, 1.807) is 11.8 Å². The van der Waals surface area contributed by atoms with Crippen LogP contribution < -0.4 is 5.32 Å². The fourth-order valence-corrected chi connectivity index (χ4v) is 4.59. The second-order valence-corrected chi connectivity index (χ2v) is 7.88. The van der Waals surface area contributed by atoms with E-state index in [0.29, 0.717) is 17.9 Å². The predicted molar refractivity (Wildman–Crippen MR) is 114 cm³/mol. The summed E-state index contributed by atoms with van der Waals surface area (Å²) in [6, 6.07) is 17.7. The lowest BCUT2D eigenvalue weighted by atomic mass is 9.86. The fraction of sp³-hybridized carbons (Fsp3) is 0.217. The molecule has 1 aromatic heterocycles. The Morgan fingerprint density at radius 3 is 2.82 bits per heavy atom. The van der Waals surface area contributed by atoms with Crippen molar-refractivity contribution in [2.45, 2.75) is 17.7 Å². The first-order chi connectivity index (χ1) is 13.8. The highest BCUT2D eigenvalue weighted by molar-refractivity contribution is 7.99. The lowest BCUT2D eigenvalue weighted by molar-refractivity contribution is -0.118. The number of H-pyrrole nitrogens is 1. The Bertz CT molecular complexity index is 1050. The molecule has 2 atom stereocenters. The van der Waals surface area contributed by atoms with Gasteiger partial charge < -0.3 is 10.3 Å². The van der Waals surface area contributed by atoms with Crippen molar-refractivity contribution >= 4 is 28.4 Å². The molecule has 28 heavy (non-hydrogen) atoms. The number of carbonyl (C=O) groups is 1. The zero-order valence-electron chi connectivity index (χ0n) is 15.4. The highest BCUT2D eigenvalue weighted by Crippen LogP contribution is 2.27. The molecule has 0 bridgehead atoms. The van der Waals surface area contributed by atoms with Gasteiger partial charge in [-0.05, 0) is 29.3 Å². The third-order valence-corrected chi connectivity index (χ3v) is 6.11. The van der Waals surface area contributed by atoms with Crippen molar-refractivity contribution in [1.82, 2.24) is 10.3 Å². The van der Waals surface area contributed by atoms with Crippen molar-refractivity contribution in [1.29, 1.82) is 5.26 Å². The van der Waals surface area contributed by atoms with Crippen LogP contribution in [0.3, 0.4) is 0 Å². The summed E-state index contributed by atoms with van der Waals surface area (Å²) in [5, 5.41) is 13.6. The van der Waals surface area contributed by atoms with Crippen molar-refractivity contribution in [2.75, 3.05) is 12.3 Å². The van der Waals surface area contributed by atoms with E-state index < -0.39 is 0 Å². The Balaban J connectivity index is 1.41. The van der Waals surface area contributed by atoms with Crippen molar-refractivity contribution in [3.05, 3.63) is 83.6 Å². The number of ketones is 1. The number of aromatic amines is 1. The van der Waals surface area contributed by atoms with Crippen LogP contribution >= 0.6 is 11.8 Å². The van der Waals surface area contributed by atoms with Gasteiger partial charge in [0.2, 0.25) is 0 Å². The van der Waals surface area contributed by atoms with E-state index in [9.17, 15) is 4.79 Å². The topological polar surface area (TPSA) is 68.7 Å². The van der Waals surface area contributed by atoms with Gasteiger partial charge in [0.05, 0.1) is 23.4 Å². The Kier molecular flexibility index (Phi) is 5.61. The van der Waals surface area contributed by atoms with Crippen molar-refractivity contribution < 1.29 is 4.79 Å². The van der Waals surface area contributed by atoms with E-state index in [1.807, 2.05) is 42.6 Å². The van der Waals surface area contributed by atoms with E-state index in [0.717, 1.165) is 16.8 Å². The molecule has 140 valence electrons. The molecule has 2 aromatic carbocycles. The van der Waals surface area contributed by atoms with E-state index in [4.69, 9.17) is 5.26 Å². The highest BCUT2D eigenvalue weighted by atomic mass is 32.2. The van der Waals surface area contributed by atoms with Crippen LogP contribution in [0.5, 0.6) is 0 Å². The summed E-state index contributed by atoms with van der Waals surface area (Å²) >= 11 is 1.65. The molecule has 3 aromatic rings. The summed E-state index contributed by atoms with van der Waals surface area (Å²) in [5.74, 6) is 1.49. The molecular weight excluding hydrogens is 366 g/mol. The zero-order valence-corrected chi connectivity index (χ0v) is 16.2. The molecule has 0 amide bonds. The number of fused-ring (bicyclic) bond motifs is 1. The molecule has 1 aliphatic heterocycles. The normalized spacial score (nSPS) is 18.8. The number of benzene rings is 2. The van der Waals surface area contributed by atoms with E-state index >= 15 is 0 Å². The molecule has 0 saturated carbocycles. The second-order valence-electron chi connectivity index (χ2n) is 6.89. The number of aromatic nitrogens is 1. The average Bonchev–Trinajstić information content (AvgIpc) is 3.17. The van der Waals surface area contributed by atoms with Crippen LogP contribution in [0.25, 0.3) is 10.9 Å². The number of nitriles is 1. The number of nitrogens with zero attached hydrogens (tertiary/aromatic N) is 1. The molecule has 0 spiro atoms. The van der Waals surface area contributed by atoms with Crippen LogP contribution in [0.2, 0.25) is 0 Å². The molecule has 0 fully saturated rings. The van der Waals surface area contributed by atoms with E-state index in [-0.39, 0.29) is 17.7 Å². The molecule has 2 unspecified atom stereocenters. The molecule has 2 heterocycles. The Hall–Kier alpha value is -2.81. The SMILES string of the molecule is N#Cc1ccc(C2C=CCNC2C(=O)CSCc2c[nH]c3ccccc23)cc1. The fourth-order valence-electron chi connectivity index (χ4n) is 3.65. The Labute approximate surface area is 168 Å². The van der Waals surface area contributed by atoms with Gasteiger partial charge in [-0.1, -0.05) is 42.5 Å². The van der Waals surface area contributed by atoms with Crippen molar-refractivity contribution in [3.63, 3.8) is 0 Å². The third kappa shape index (κ3) is 3.89. The molecule has 1 aliphatic rings. The molecule has 0 saturated heterocycles. The van der Waals surface area contributed by atoms with Gasteiger partial charge in [-0.15, -0.1) is 11.8 Å². The van der Waals surface area contributed by atoms with Gasteiger partial charge in [0.1, 0.15) is 0 Å². The number of hydrogen-bond donors (Lipinski definition) is 2. The third-order valence-electron chi connectivity index (χ3n) is 5.11. The first-order valence-corrected chi connectivity index (χ1v) is 10.5. The van der Waals surface area contributed by atoms with Crippen LogP contribution in [0.15, 0.2) is 66.9 Å². The van der Waals surface area contributed by atoms with E-state index in [1.165, 1.54) is 10.9 Å². The number of hydrogen-bond acceptors (Lipinski definition) is 4. The maximum Gasteiger partial charge on any atom is 0.160 e. The summed E-state index contributed by atoms with van der Waals surface area (Å²) in [6.07, 6.45) is 6.19. The van der Waals surface area contributed by atoms with Gasteiger partial charge in [-0.2, -0.15) is 5.26 Å². The van der Waals surface area contributed by atoms with Crippen LogP contribution in [-0.4, -0.2) is 29.1 Å². The summed E-state index contributed by atoms with van der Waals surface area (Å²) in [5.41, 5.74) is 4.05. The quantitative estimate of drug-likeness (QED) is 0.624. The number of nitrogens with one attached hydrogen (secondary N) is 2. The smallest absolute Gasteiger partial charge is 0.160 e. The Morgan fingerprint density at radius 2 is 2.00 bits per heavy atom. The number of carbonyl (C=O) groups excluding carboxylic acids is 1. The summed E-state index contributed by atoms with van der Waals surface area (Å²) < 4.78 is 0. The maximum absolute atomic E-state index is 12.9. The van der Waals surface area contributed by atoms with Crippen molar-refractivity contribution in [2.24, 2.45) is 0 Å². The molecule has 4 nitrogen and oxygen atoms in total. The predicted octanol–water partition coefficient (Wildman–Crippen LogP) is 4.15. The van der Waals surface area contributed by atoms with Gasteiger partial charge in [0.25, 0.3) is 0 Å². The number of thioether (sulfide) groups is 1. The number of Topliss-reactive ketones (excluding diaryl/α,β-unsaturated/α-hetero) is 1. The monoisotopic (exact) mass is 387 g/mol. The minimum atomic E-state index is -0.228. The molecule has 2 N–H and O–H groups in total. The maximum atomic E-state index is 12.9. The van der Waals surface area contributed by atoms with Crippen LogP contribution in [0.4, 0.5) is 0 Å². The molecule has 5 heteroatoms. The molecule has 0 aliphatic carbocycles. The minimum absolute atomic E-state index is 0.00248. The van der Waals surface area contributed by atoms with Gasteiger partial charge >= 0.3 is 0 Å². The first kappa shape index (κ1) is 18.5. The zero-order chi connectivity index (χ0) is 19.3. The Morgan fingerprint density at radius 1 is 1.18 bits per heavy atom. The molecule has 0 radical (unpaired) electrons. The lowest BCUT2D eigenvalue weighted by Gasteiger charge is -2.28. The summed E-state index contributed by atoms with van der Waals surface area (Å²) in [6.45, 7) is 0.705. The lowest BCUT2D eigenvalue weighted by Crippen LogP contribution is -2.44. The largest absolute Gasteiger partial charge is 0.361 e. The number of para-hydroxylation sites is 1. The van der Waals surface area contributed by atoms with Crippen molar-refractivity contribution in [3.8, 4) is 6.07 Å². The summed E-state index contributed by atoms with van der Waals surface area (Å²) in [7, 11) is 0.